The number of aliphatic hydroxyl groups is 1. The van der Waals surface area contributed by atoms with Crippen LogP contribution in [0.5, 0.6) is 0 Å². The number of aliphatic carboxylic acids is 1. The third-order valence-electron chi connectivity index (χ3n) is 17.2. The van der Waals surface area contributed by atoms with Crippen molar-refractivity contribution in [3.05, 3.63) is 0 Å². The van der Waals surface area contributed by atoms with Gasteiger partial charge >= 0.3 is 5.97 Å². The van der Waals surface area contributed by atoms with E-state index in [1.165, 1.54) is 43.2 Å². The molecule has 0 aromatic carbocycles. The Labute approximate surface area is 498 Å². The number of hydrogen-bond acceptors (Lipinski definition) is 17. The highest BCUT2D eigenvalue weighted by Crippen LogP contribution is 2.29. The van der Waals surface area contributed by atoms with E-state index < -0.39 is 168 Å². The fourth-order valence-electron chi connectivity index (χ4n) is 12.5. The summed E-state index contributed by atoms with van der Waals surface area (Å²) in [6, 6.07) is -13.8. The summed E-state index contributed by atoms with van der Waals surface area (Å²) >= 11 is 0. The molecular formula is C55H87N15O16. The number of carbonyl (C=O) groups excluding carboxylic acids is 13. The number of nitrogens with two attached hydrogens (primary N) is 4. The van der Waals surface area contributed by atoms with Crippen LogP contribution in [0.15, 0.2) is 0 Å². The fourth-order valence-corrected chi connectivity index (χ4v) is 12.5. The average Bonchev–Trinajstić information content (AvgIpc) is 2.71. The van der Waals surface area contributed by atoms with Crippen molar-refractivity contribution in [3.8, 4) is 0 Å². The maximum absolute atomic E-state index is 14.4. The van der Waals surface area contributed by atoms with E-state index >= 15 is 0 Å². The minimum absolute atomic E-state index is 0.109. The number of hydrogen-bond donors (Lipinski definition) is 11. The predicted molar refractivity (Wildman–Crippen MR) is 302 cm³/mol. The van der Waals surface area contributed by atoms with Crippen LogP contribution in [0.1, 0.15) is 136 Å². The van der Waals surface area contributed by atoms with E-state index in [1.807, 2.05) is 0 Å². The molecule has 6 aliphatic heterocycles. The molecule has 0 aromatic heterocycles. The molecule has 478 valence electrons. The van der Waals surface area contributed by atoms with Crippen LogP contribution < -0.4 is 49.5 Å². The second-order valence-electron chi connectivity index (χ2n) is 23.2. The molecule has 15 N–H and O–H groups in total. The van der Waals surface area contributed by atoms with Gasteiger partial charge in [0, 0.05) is 52.1 Å². The van der Waals surface area contributed by atoms with Gasteiger partial charge in [-0.15, -0.1) is 0 Å². The Kier molecular flexibility index (Phi) is 24.5. The van der Waals surface area contributed by atoms with Gasteiger partial charge in [-0.25, -0.2) is 0 Å². The van der Waals surface area contributed by atoms with Gasteiger partial charge in [-0.3, -0.25) is 67.1 Å². The van der Waals surface area contributed by atoms with Crippen LogP contribution in [0.25, 0.3) is 0 Å². The highest BCUT2D eigenvalue weighted by atomic mass is 16.4. The molecular weight excluding hydrogens is 1130 g/mol. The van der Waals surface area contributed by atoms with E-state index in [0.717, 1.165) is 0 Å². The second-order valence-corrected chi connectivity index (χ2v) is 23.2. The number of nitrogens with zero attached hydrogens (tertiary/aromatic N) is 6. The summed E-state index contributed by atoms with van der Waals surface area (Å²) < 4.78 is 0. The Morgan fingerprint density at radius 3 is 1.29 bits per heavy atom. The van der Waals surface area contributed by atoms with Crippen LogP contribution in [0.3, 0.4) is 0 Å². The van der Waals surface area contributed by atoms with E-state index in [0.29, 0.717) is 64.3 Å². The lowest BCUT2D eigenvalue weighted by molar-refractivity contribution is -0.149. The summed E-state index contributed by atoms with van der Waals surface area (Å²) in [5.74, 6) is -10.1. The molecule has 12 atom stereocenters. The van der Waals surface area contributed by atoms with Crippen molar-refractivity contribution in [1.82, 2.24) is 56.0 Å². The number of amides is 13. The van der Waals surface area contributed by atoms with Crippen LogP contribution in [-0.4, -0.2) is 247 Å². The Bertz CT molecular complexity index is 2580. The normalized spacial score (nSPS) is 24.1. The predicted octanol–water partition coefficient (Wildman–Crippen LogP) is -5.54. The smallest absolute Gasteiger partial charge is 0.303 e. The Morgan fingerprint density at radius 2 is 0.837 bits per heavy atom. The number of unbranched alkanes of at least 4 members (excludes halogenated alkanes) is 1. The van der Waals surface area contributed by atoms with Gasteiger partial charge in [-0.05, 0) is 123 Å². The number of primary amides is 2. The summed E-state index contributed by atoms with van der Waals surface area (Å²) in [5, 5.41) is 32.5. The van der Waals surface area contributed by atoms with E-state index in [2.05, 4.69) is 26.6 Å². The maximum Gasteiger partial charge on any atom is 0.303 e. The Hall–Kier alpha value is -7.54. The highest BCUT2D eigenvalue weighted by molar-refractivity contribution is 6.00. The van der Waals surface area contributed by atoms with Crippen molar-refractivity contribution in [2.75, 3.05) is 52.4 Å². The zero-order chi connectivity index (χ0) is 63.1. The van der Waals surface area contributed by atoms with Crippen LogP contribution in [0.2, 0.25) is 0 Å². The zero-order valence-electron chi connectivity index (χ0n) is 49.1. The molecule has 0 saturated carbocycles. The number of nitrogens with one attached hydrogen (secondary N) is 5. The molecule has 0 spiro atoms. The third kappa shape index (κ3) is 16.7. The molecule has 31 heteroatoms. The van der Waals surface area contributed by atoms with Crippen molar-refractivity contribution in [1.29, 1.82) is 0 Å². The van der Waals surface area contributed by atoms with E-state index in [4.69, 9.17) is 22.9 Å². The maximum atomic E-state index is 14.4. The van der Waals surface area contributed by atoms with Crippen molar-refractivity contribution >= 4 is 82.8 Å². The molecule has 86 heavy (non-hydrogen) atoms. The van der Waals surface area contributed by atoms with Crippen molar-refractivity contribution in [2.24, 2.45) is 22.9 Å². The van der Waals surface area contributed by atoms with Gasteiger partial charge < -0.3 is 89.1 Å². The molecule has 6 heterocycles. The minimum atomic E-state index is -1.58. The van der Waals surface area contributed by atoms with E-state index in [9.17, 15) is 77.3 Å². The molecule has 0 bridgehead atoms. The molecule has 0 unspecified atom stereocenters. The summed E-state index contributed by atoms with van der Waals surface area (Å²) in [4.78, 5) is 196. The first kappa shape index (κ1) is 67.6. The SMILES string of the molecule is C[C@H](NC(=O)[C@H](CCC(=O)O)NC(=O)[C@@H](N)CCCCN)C(=O)N1CCC[C@H]1C(=O)N1CCC[C@H]1C(=O)N[C@@H](C)C(=O)N1CCC[C@H]1C(=O)N1CCC[C@H]1C(=O)N[C@@H](CCC(N)=O)C(=O)N[C@@H](CO)C(=O)N1CCC[C@H]1C(=O)N1CCC[C@H]1C(N)=O. The van der Waals surface area contributed by atoms with Crippen LogP contribution in [0, 0.1) is 0 Å². The van der Waals surface area contributed by atoms with Gasteiger partial charge in [0.1, 0.15) is 66.5 Å². The molecule has 0 radical (unpaired) electrons. The standard InChI is InChI=1S/C55H87N15O16/c1-30(60-46(77)34(19-21-43(73)74)62-45(76)32(57)11-3-4-22-56)50(81)68-26-8-15-39(68)54(85)66-24-6-13-37(66)48(79)61-31(2)51(82)69-27-9-16-40(69)55(86)67-25-7-14-38(67)49(80)63-33(18-20-42(58)72)47(78)64-35(29-71)52(83)70-28-10-17-41(70)53(84)65-23-5-12-36(65)44(59)75/h30-41,71H,3-29,56-57H2,1-2H3,(H2,58,72)(H2,59,75)(H,60,77)(H,61,79)(H,62,76)(H,63,80)(H,64,78)(H,73,74)/t30-,31-,32-,33-,34-,35-,36-,37-,38-,39-,40-,41-/m0/s1. The molecule has 31 nitrogen and oxygen atoms in total. The number of aliphatic hydroxyl groups excluding tert-OH is 1. The van der Waals surface area contributed by atoms with Crippen LogP contribution in [-0.2, 0) is 67.1 Å². The van der Waals surface area contributed by atoms with Gasteiger partial charge in [0.2, 0.25) is 76.8 Å². The topological polar surface area (TPSA) is 463 Å². The first-order chi connectivity index (χ1) is 40.9. The monoisotopic (exact) mass is 1210 g/mol. The van der Waals surface area contributed by atoms with Gasteiger partial charge in [0.05, 0.1) is 12.6 Å². The second kappa shape index (κ2) is 31.2. The molecule has 6 rings (SSSR count). The van der Waals surface area contributed by atoms with E-state index in [-0.39, 0.29) is 97.1 Å². The average molecular weight is 1210 g/mol. The van der Waals surface area contributed by atoms with Crippen LogP contribution in [0.4, 0.5) is 0 Å². The van der Waals surface area contributed by atoms with Crippen molar-refractivity contribution in [3.63, 3.8) is 0 Å². The number of carboxylic acids is 1. The fraction of sp³-hybridized carbons (Fsp3) is 0.745. The Morgan fingerprint density at radius 1 is 0.453 bits per heavy atom. The lowest BCUT2D eigenvalue weighted by Gasteiger charge is -2.34. The van der Waals surface area contributed by atoms with Gasteiger partial charge in [0.15, 0.2) is 0 Å². The van der Waals surface area contributed by atoms with E-state index in [1.54, 1.807) is 0 Å². The van der Waals surface area contributed by atoms with Gasteiger partial charge in [0.25, 0.3) is 0 Å². The summed E-state index contributed by atoms with van der Waals surface area (Å²) in [7, 11) is 0. The lowest BCUT2D eigenvalue weighted by atomic mass is 10.1. The first-order valence-corrected chi connectivity index (χ1v) is 30.1. The van der Waals surface area contributed by atoms with Crippen molar-refractivity contribution in [2.45, 2.75) is 208 Å². The summed E-state index contributed by atoms with van der Waals surface area (Å²) in [6.45, 7) is 3.29. The summed E-state index contributed by atoms with van der Waals surface area (Å²) in [5.41, 5.74) is 22.5. The molecule has 6 aliphatic rings. The van der Waals surface area contributed by atoms with Crippen molar-refractivity contribution < 1.29 is 77.3 Å². The van der Waals surface area contributed by atoms with Gasteiger partial charge in [-0.2, -0.15) is 0 Å². The molecule has 0 aromatic rings. The van der Waals surface area contributed by atoms with Gasteiger partial charge in [-0.1, -0.05) is 6.42 Å². The number of likely N-dealkylation sites (tertiary alicyclic amines) is 6. The first-order valence-electron chi connectivity index (χ1n) is 30.1. The number of carbonyl (C=O) groups is 14. The minimum Gasteiger partial charge on any atom is -0.481 e. The molecule has 6 fully saturated rings. The molecule has 13 amide bonds. The molecule has 0 aliphatic carbocycles. The quantitative estimate of drug-likeness (QED) is 0.0326. The molecule has 6 saturated heterocycles. The van der Waals surface area contributed by atoms with Crippen LogP contribution >= 0.6 is 0 Å². The summed E-state index contributed by atoms with van der Waals surface area (Å²) in [6.07, 6.45) is 4.08. The highest BCUT2D eigenvalue weighted by Gasteiger charge is 2.48. The number of rotatable bonds is 28. The Balaban J connectivity index is 1.04. The zero-order valence-corrected chi connectivity index (χ0v) is 49.1. The number of carboxylic acid groups (broad SMARTS) is 1. The lowest BCUT2D eigenvalue weighted by Crippen LogP contribution is -2.60. The largest absolute Gasteiger partial charge is 0.481 e. The third-order valence-corrected chi connectivity index (χ3v) is 17.2.